The van der Waals surface area contributed by atoms with Gasteiger partial charge in [-0.3, -0.25) is 9.69 Å². The molecule has 0 aliphatic heterocycles. The molecule has 0 bridgehead atoms. The molecule has 0 aromatic carbocycles. The van der Waals surface area contributed by atoms with Gasteiger partial charge in [-0.2, -0.15) is 0 Å². The predicted molar refractivity (Wildman–Crippen MR) is 72.0 cm³/mol. The molecule has 0 radical (unpaired) electrons. The summed E-state index contributed by atoms with van der Waals surface area (Å²) in [6.07, 6.45) is 0. The van der Waals surface area contributed by atoms with Gasteiger partial charge in [-0.05, 0) is 25.4 Å². The molecule has 2 atom stereocenters. The van der Waals surface area contributed by atoms with Crippen LogP contribution in [-0.4, -0.2) is 49.4 Å². The minimum absolute atomic E-state index is 0.00591. The van der Waals surface area contributed by atoms with Crippen molar-refractivity contribution in [2.45, 2.75) is 19.0 Å². The summed E-state index contributed by atoms with van der Waals surface area (Å²) < 4.78 is 0. The minimum Gasteiger partial charge on any atom is -0.348 e. The van der Waals surface area contributed by atoms with Crippen LogP contribution in [0, 0.1) is 0 Å². The summed E-state index contributed by atoms with van der Waals surface area (Å²) in [5.41, 5.74) is 6.02. The van der Waals surface area contributed by atoms with Crippen molar-refractivity contribution < 1.29 is 4.79 Å². The van der Waals surface area contributed by atoms with Gasteiger partial charge in [0.15, 0.2) is 0 Å². The third-order valence-corrected chi connectivity index (χ3v) is 3.63. The number of hydrogen-bond acceptors (Lipinski definition) is 4. The lowest BCUT2D eigenvalue weighted by Gasteiger charge is -2.30. The van der Waals surface area contributed by atoms with E-state index in [0.717, 1.165) is 0 Å². The van der Waals surface area contributed by atoms with Gasteiger partial charge in [0.25, 0.3) is 0 Å². The monoisotopic (exact) mass is 255 g/mol. The zero-order valence-corrected chi connectivity index (χ0v) is 11.7. The van der Waals surface area contributed by atoms with Gasteiger partial charge in [-0.15, -0.1) is 11.3 Å². The Balaban J connectivity index is 2.75. The van der Waals surface area contributed by atoms with Crippen molar-refractivity contribution in [1.82, 2.24) is 9.80 Å². The first-order valence-electron chi connectivity index (χ1n) is 5.63. The Morgan fingerprint density at radius 2 is 2.12 bits per heavy atom. The number of carbonyl (C=O) groups excluding carboxylic acids is 1. The second kappa shape index (κ2) is 6.14. The maximum atomic E-state index is 11.7. The number of carbonyl (C=O) groups is 1. The maximum absolute atomic E-state index is 11.7. The molecule has 0 aliphatic rings. The Morgan fingerprint density at radius 1 is 1.47 bits per heavy atom. The number of hydrogen-bond donors (Lipinski definition) is 1. The van der Waals surface area contributed by atoms with E-state index in [1.165, 1.54) is 4.88 Å². The van der Waals surface area contributed by atoms with Crippen molar-refractivity contribution in [2.75, 3.05) is 27.7 Å². The normalized spacial score (nSPS) is 14.7. The Kier molecular flexibility index (Phi) is 5.11. The molecule has 1 heterocycles. The van der Waals surface area contributed by atoms with E-state index < -0.39 is 0 Å². The van der Waals surface area contributed by atoms with E-state index in [1.54, 1.807) is 30.3 Å². The molecular weight excluding hydrogens is 234 g/mol. The van der Waals surface area contributed by atoms with Crippen molar-refractivity contribution in [2.24, 2.45) is 5.73 Å². The van der Waals surface area contributed by atoms with Crippen molar-refractivity contribution in [1.29, 1.82) is 0 Å². The molecule has 0 aliphatic carbocycles. The lowest BCUT2D eigenvalue weighted by Crippen LogP contribution is -2.42. The largest absolute Gasteiger partial charge is 0.348 e. The predicted octanol–water partition coefficient (Wildman–Crippen LogP) is 1.16. The second-order valence-electron chi connectivity index (χ2n) is 4.52. The van der Waals surface area contributed by atoms with Crippen LogP contribution in [0.4, 0.5) is 0 Å². The average molecular weight is 255 g/mol. The minimum atomic E-state index is -0.00591. The van der Waals surface area contributed by atoms with Crippen LogP contribution < -0.4 is 5.73 Å². The lowest BCUT2D eigenvalue weighted by atomic mass is 10.1. The molecule has 1 amide bonds. The van der Waals surface area contributed by atoms with E-state index in [9.17, 15) is 4.79 Å². The molecule has 0 spiro atoms. The fourth-order valence-corrected chi connectivity index (χ4v) is 2.80. The van der Waals surface area contributed by atoms with Gasteiger partial charge in [-0.1, -0.05) is 6.07 Å². The molecule has 5 heteroatoms. The van der Waals surface area contributed by atoms with E-state index >= 15 is 0 Å². The average Bonchev–Trinajstić information content (AvgIpc) is 2.70. The molecule has 96 valence electrons. The molecule has 2 N–H and O–H groups in total. The van der Waals surface area contributed by atoms with Gasteiger partial charge in [0, 0.05) is 25.0 Å². The SMILES string of the molecule is CC(N)C(c1cccs1)N(C)CC(=O)N(C)C. The summed E-state index contributed by atoms with van der Waals surface area (Å²) in [6, 6.07) is 4.17. The summed E-state index contributed by atoms with van der Waals surface area (Å²) in [4.78, 5) is 16.5. The number of nitrogens with two attached hydrogens (primary N) is 1. The Morgan fingerprint density at radius 3 is 2.53 bits per heavy atom. The fourth-order valence-electron chi connectivity index (χ4n) is 1.79. The molecule has 0 fully saturated rings. The molecule has 1 aromatic heterocycles. The highest BCUT2D eigenvalue weighted by molar-refractivity contribution is 7.10. The van der Waals surface area contributed by atoms with Gasteiger partial charge in [0.2, 0.25) is 5.91 Å². The number of rotatable bonds is 5. The first-order chi connectivity index (χ1) is 7.93. The lowest BCUT2D eigenvalue weighted by molar-refractivity contribution is -0.130. The molecule has 0 saturated carbocycles. The summed E-state index contributed by atoms with van der Waals surface area (Å²) in [5.74, 6) is 0.0923. The fraction of sp³-hybridized carbons (Fsp3) is 0.583. The third-order valence-electron chi connectivity index (χ3n) is 2.69. The number of thiophene rings is 1. The molecule has 1 rings (SSSR count). The van der Waals surface area contributed by atoms with Gasteiger partial charge in [-0.25, -0.2) is 0 Å². The van der Waals surface area contributed by atoms with E-state index in [0.29, 0.717) is 6.54 Å². The van der Waals surface area contributed by atoms with Crippen LogP contribution in [0.15, 0.2) is 17.5 Å². The molecule has 17 heavy (non-hydrogen) atoms. The highest BCUT2D eigenvalue weighted by Gasteiger charge is 2.24. The van der Waals surface area contributed by atoms with Crippen LogP contribution in [0.1, 0.15) is 17.8 Å². The second-order valence-corrected chi connectivity index (χ2v) is 5.50. The summed E-state index contributed by atoms with van der Waals surface area (Å²) in [7, 11) is 5.47. The third kappa shape index (κ3) is 3.80. The van der Waals surface area contributed by atoms with Gasteiger partial charge in [0.1, 0.15) is 0 Å². The Bertz CT molecular complexity index is 349. The Hall–Kier alpha value is -0.910. The molecule has 0 saturated heterocycles. The molecular formula is C12H21N3OS. The molecule has 4 nitrogen and oxygen atoms in total. The van der Waals surface area contributed by atoms with Crippen LogP contribution >= 0.6 is 11.3 Å². The topological polar surface area (TPSA) is 49.6 Å². The number of nitrogens with zero attached hydrogens (tertiary/aromatic N) is 2. The van der Waals surface area contributed by atoms with Gasteiger partial charge < -0.3 is 10.6 Å². The van der Waals surface area contributed by atoms with Crippen LogP contribution in [-0.2, 0) is 4.79 Å². The van der Waals surface area contributed by atoms with E-state index in [4.69, 9.17) is 5.73 Å². The first-order valence-corrected chi connectivity index (χ1v) is 6.50. The number of likely N-dealkylation sites (N-methyl/N-ethyl adjacent to an activating group) is 2. The van der Waals surface area contributed by atoms with Crippen LogP contribution in [0.25, 0.3) is 0 Å². The molecule has 2 unspecified atom stereocenters. The van der Waals surface area contributed by atoms with Crippen molar-refractivity contribution in [3.63, 3.8) is 0 Å². The summed E-state index contributed by atoms with van der Waals surface area (Å²) >= 11 is 1.68. The van der Waals surface area contributed by atoms with E-state index in [2.05, 4.69) is 6.07 Å². The first kappa shape index (κ1) is 14.2. The van der Waals surface area contributed by atoms with Gasteiger partial charge >= 0.3 is 0 Å². The Labute approximate surface area is 107 Å². The highest BCUT2D eigenvalue weighted by Crippen LogP contribution is 2.26. The van der Waals surface area contributed by atoms with Crippen LogP contribution in [0.2, 0.25) is 0 Å². The zero-order chi connectivity index (χ0) is 13.0. The molecule has 1 aromatic rings. The number of amides is 1. The van der Waals surface area contributed by atoms with Crippen molar-refractivity contribution in [3.05, 3.63) is 22.4 Å². The zero-order valence-electron chi connectivity index (χ0n) is 10.9. The van der Waals surface area contributed by atoms with Crippen LogP contribution in [0.3, 0.4) is 0 Å². The smallest absolute Gasteiger partial charge is 0.236 e. The quantitative estimate of drug-likeness (QED) is 0.859. The van der Waals surface area contributed by atoms with Crippen LogP contribution in [0.5, 0.6) is 0 Å². The highest BCUT2D eigenvalue weighted by atomic mass is 32.1. The summed E-state index contributed by atoms with van der Waals surface area (Å²) in [6.45, 7) is 2.36. The maximum Gasteiger partial charge on any atom is 0.236 e. The van der Waals surface area contributed by atoms with E-state index in [1.807, 2.05) is 30.3 Å². The van der Waals surface area contributed by atoms with Crippen molar-refractivity contribution >= 4 is 17.2 Å². The summed E-state index contributed by atoms with van der Waals surface area (Å²) in [5, 5.41) is 2.03. The van der Waals surface area contributed by atoms with E-state index in [-0.39, 0.29) is 18.0 Å². The van der Waals surface area contributed by atoms with Crippen molar-refractivity contribution in [3.8, 4) is 0 Å². The standard InChI is InChI=1S/C12H21N3OS/c1-9(13)12(10-6-5-7-17-10)15(4)8-11(16)14(2)3/h5-7,9,12H,8,13H2,1-4H3. The van der Waals surface area contributed by atoms with Gasteiger partial charge in [0.05, 0.1) is 12.6 Å².